The van der Waals surface area contributed by atoms with E-state index in [1.807, 2.05) is 12.1 Å². The minimum Gasteiger partial charge on any atom is -0.369 e. The fourth-order valence-corrected chi connectivity index (χ4v) is 3.65. The predicted molar refractivity (Wildman–Crippen MR) is 108 cm³/mol. The Morgan fingerprint density at radius 1 is 1.14 bits per heavy atom. The summed E-state index contributed by atoms with van der Waals surface area (Å²) >= 11 is 5.95. The number of aromatic nitrogens is 1. The van der Waals surface area contributed by atoms with Crippen LogP contribution in [0.5, 0.6) is 0 Å². The highest BCUT2D eigenvalue weighted by Crippen LogP contribution is 2.49. The zero-order valence-corrected chi connectivity index (χ0v) is 16.3. The van der Waals surface area contributed by atoms with Crippen LogP contribution in [0.15, 0.2) is 72.9 Å². The maximum atomic E-state index is 13.3. The molecule has 1 heterocycles. The van der Waals surface area contributed by atoms with E-state index in [9.17, 15) is 14.3 Å². The number of rotatable bonds is 6. The molecule has 4 nitrogen and oxygen atoms in total. The number of benzene rings is 2. The SMILES string of the molecule is O=C(C1C[C@H]1c1ccc(F)cc1)N(Cc1ccccn1)[C@H](O)c1ccc(Cl)cc1. The van der Waals surface area contributed by atoms with Gasteiger partial charge in [-0.25, -0.2) is 4.39 Å². The van der Waals surface area contributed by atoms with Crippen LogP contribution in [0.1, 0.15) is 35.4 Å². The quantitative estimate of drug-likeness (QED) is 0.599. The Morgan fingerprint density at radius 2 is 1.86 bits per heavy atom. The average Bonchev–Trinajstić information content (AvgIpc) is 3.54. The summed E-state index contributed by atoms with van der Waals surface area (Å²) in [6.07, 6.45) is 1.22. The molecule has 1 N–H and O–H groups in total. The molecule has 0 radical (unpaired) electrons. The molecule has 0 aliphatic heterocycles. The van der Waals surface area contributed by atoms with Crippen molar-refractivity contribution in [3.05, 3.63) is 101 Å². The first-order valence-electron chi connectivity index (χ1n) is 9.42. The summed E-state index contributed by atoms with van der Waals surface area (Å²) in [6, 6.07) is 18.5. The molecule has 0 bridgehead atoms. The van der Waals surface area contributed by atoms with Crippen molar-refractivity contribution in [2.75, 3.05) is 0 Å². The van der Waals surface area contributed by atoms with Gasteiger partial charge in [-0.3, -0.25) is 9.78 Å². The second-order valence-corrected chi connectivity index (χ2v) is 7.65. The van der Waals surface area contributed by atoms with Crippen molar-refractivity contribution in [2.24, 2.45) is 5.92 Å². The van der Waals surface area contributed by atoms with E-state index in [0.29, 0.717) is 22.7 Å². The van der Waals surface area contributed by atoms with Crippen LogP contribution in [0, 0.1) is 11.7 Å². The van der Waals surface area contributed by atoms with E-state index >= 15 is 0 Å². The number of carbonyl (C=O) groups excluding carboxylic acids is 1. The molecule has 1 amide bonds. The van der Waals surface area contributed by atoms with E-state index in [1.165, 1.54) is 17.0 Å². The summed E-state index contributed by atoms with van der Waals surface area (Å²) < 4.78 is 13.2. The number of nitrogens with zero attached hydrogens (tertiary/aromatic N) is 2. The monoisotopic (exact) mass is 410 g/mol. The maximum Gasteiger partial charge on any atom is 0.228 e. The van der Waals surface area contributed by atoms with Crippen LogP contribution in [-0.4, -0.2) is 20.9 Å². The Bertz CT molecular complexity index is 980. The summed E-state index contributed by atoms with van der Waals surface area (Å²) in [6.45, 7) is 0.191. The molecule has 29 heavy (non-hydrogen) atoms. The first-order chi connectivity index (χ1) is 14.0. The Hall–Kier alpha value is -2.76. The minimum atomic E-state index is -1.11. The topological polar surface area (TPSA) is 53.4 Å². The maximum absolute atomic E-state index is 13.3. The number of aliphatic hydroxyl groups excluding tert-OH is 1. The van der Waals surface area contributed by atoms with Crippen molar-refractivity contribution < 1.29 is 14.3 Å². The van der Waals surface area contributed by atoms with E-state index in [-0.39, 0.29) is 30.1 Å². The number of carbonyl (C=O) groups is 1. The fourth-order valence-electron chi connectivity index (χ4n) is 3.53. The van der Waals surface area contributed by atoms with Gasteiger partial charge in [0, 0.05) is 22.7 Å². The van der Waals surface area contributed by atoms with Crippen molar-refractivity contribution in [1.82, 2.24) is 9.88 Å². The van der Waals surface area contributed by atoms with Crippen LogP contribution < -0.4 is 0 Å². The third-order valence-electron chi connectivity index (χ3n) is 5.21. The van der Waals surface area contributed by atoms with Crippen molar-refractivity contribution >= 4 is 17.5 Å². The van der Waals surface area contributed by atoms with Gasteiger partial charge in [-0.15, -0.1) is 0 Å². The molecule has 1 aliphatic carbocycles. The van der Waals surface area contributed by atoms with E-state index in [4.69, 9.17) is 11.6 Å². The van der Waals surface area contributed by atoms with Crippen LogP contribution >= 0.6 is 11.6 Å². The molecule has 4 rings (SSSR count). The minimum absolute atomic E-state index is 0.0340. The van der Waals surface area contributed by atoms with E-state index in [0.717, 1.165) is 5.56 Å². The highest BCUT2D eigenvalue weighted by molar-refractivity contribution is 6.30. The van der Waals surface area contributed by atoms with Crippen LogP contribution in [0.2, 0.25) is 5.02 Å². The molecule has 1 aromatic heterocycles. The molecule has 0 spiro atoms. The lowest BCUT2D eigenvalue weighted by Gasteiger charge is -2.28. The zero-order valence-electron chi connectivity index (χ0n) is 15.6. The number of halogens is 2. The first kappa shape index (κ1) is 19.6. The second-order valence-electron chi connectivity index (χ2n) is 7.21. The lowest BCUT2D eigenvalue weighted by molar-refractivity contribution is -0.144. The molecule has 2 aromatic carbocycles. The van der Waals surface area contributed by atoms with Gasteiger partial charge in [-0.2, -0.15) is 0 Å². The van der Waals surface area contributed by atoms with Crippen molar-refractivity contribution in [3.8, 4) is 0 Å². The lowest BCUT2D eigenvalue weighted by atomic mass is 10.1. The van der Waals surface area contributed by atoms with Gasteiger partial charge in [-0.05, 0) is 54.3 Å². The van der Waals surface area contributed by atoms with Crippen LogP contribution in [0.4, 0.5) is 4.39 Å². The van der Waals surface area contributed by atoms with Gasteiger partial charge in [-0.1, -0.05) is 41.9 Å². The van der Waals surface area contributed by atoms with Gasteiger partial charge in [0.15, 0.2) is 6.23 Å². The Morgan fingerprint density at radius 3 is 2.52 bits per heavy atom. The van der Waals surface area contributed by atoms with Crippen molar-refractivity contribution in [1.29, 1.82) is 0 Å². The molecule has 0 saturated heterocycles. The van der Waals surface area contributed by atoms with Crippen LogP contribution in [-0.2, 0) is 11.3 Å². The molecule has 3 aromatic rings. The number of hydrogen-bond donors (Lipinski definition) is 1. The summed E-state index contributed by atoms with van der Waals surface area (Å²) in [4.78, 5) is 19.0. The smallest absolute Gasteiger partial charge is 0.228 e. The first-order valence-corrected chi connectivity index (χ1v) is 9.80. The number of aliphatic hydroxyl groups is 1. The van der Waals surface area contributed by atoms with E-state index < -0.39 is 6.23 Å². The van der Waals surface area contributed by atoms with Crippen LogP contribution in [0.3, 0.4) is 0 Å². The normalized spacial score (nSPS) is 18.9. The molecule has 1 saturated carbocycles. The molecular formula is C23H20ClFN2O2. The third kappa shape index (κ3) is 4.47. The van der Waals surface area contributed by atoms with E-state index in [2.05, 4.69) is 4.98 Å². The summed E-state index contributed by atoms with van der Waals surface area (Å²) in [5.41, 5.74) is 2.20. The van der Waals surface area contributed by atoms with Gasteiger partial charge in [0.1, 0.15) is 5.82 Å². The highest BCUT2D eigenvalue weighted by Gasteiger charge is 2.47. The van der Waals surface area contributed by atoms with Gasteiger partial charge in [0.2, 0.25) is 5.91 Å². The molecule has 1 aliphatic rings. The molecule has 148 valence electrons. The number of hydrogen-bond acceptors (Lipinski definition) is 3. The molecule has 3 atom stereocenters. The Kier molecular flexibility index (Phi) is 5.60. The van der Waals surface area contributed by atoms with E-state index in [1.54, 1.807) is 48.7 Å². The average molecular weight is 411 g/mol. The third-order valence-corrected chi connectivity index (χ3v) is 5.46. The molecule has 1 unspecified atom stereocenters. The summed E-state index contributed by atoms with van der Waals surface area (Å²) in [5.74, 6) is -0.655. The summed E-state index contributed by atoms with van der Waals surface area (Å²) in [7, 11) is 0. The van der Waals surface area contributed by atoms with Crippen molar-refractivity contribution in [3.63, 3.8) is 0 Å². The summed E-state index contributed by atoms with van der Waals surface area (Å²) in [5, 5.41) is 11.5. The van der Waals surface area contributed by atoms with Gasteiger partial charge < -0.3 is 10.0 Å². The second kappa shape index (κ2) is 8.31. The largest absolute Gasteiger partial charge is 0.369 e. The van der Waals surface area contributed by atoms with Gasteiger partial charge >= 0.3 is 0 Å². The predicted octanol–water partition coefficient (Wildman–Crippen LogP) is 4.70. The van der Waals surface area contributed by atoms with Gasteiger partial charge in [0.25, 0.3) is 0 Å². The highest BCUT2D eigenvalue weighted by atomic mass is 35.5. The standard InChI is InChI=1S/C23H20ClFN2O2/c24-17-8-4-16(5-9-17)22(28)27(14-19-3-1-2-12-26-19)23(29)21-13-20(21)15-6-10-18(25)11-7-15/h1-12,20-22,28H,13-14H2/t20-,21?,22+/m0/s1. The Labute approximate surface area is 173 Å². The Balaban J connectivity index is 1.57. The lowest BCUT2D eigenvalue weighted by Crippen LogP contribution is -2.36. The zero-order chi connectivity index (χ0) is 20.4. The number of amides is 1. The number of pyridine rings is 1. The molecule has 6 heteroatoms. The van der Waals surface area contributed by atoms with Gasteiger partial charge in [0.05, 0.1) is 12.2 Å². The molecular weight excluding hydrogens is 391 g/mol. The molecule has 1 fully saturated rings. The van der Waals surface area contributed by atoms with Crippen LogP contribution in [0.25, 0.3) is 0 Å². The van der Waals surface area contributed by atoms with Crippen molar-refractivity contribution in [2.45, 2.75) is 25.1 Å². The fraction of sp³-hybridized carbons (Fsp3) is 0.217.